The highest BCUT2D eigenvalue weighted by Gasteiger charge is 2.41. The van der Waals surface area contributed by atoms with Crippen LogP contribution >= 0.6 is 11.8 Å². The van der Waals surface area contributed by atoms with Gasteiger partial charge in [-0.1, -0.05) is 44.2 Å². The van der Waals surface area contributed by atoms with Crippen molar-refractivity contribution in [1.82, 2.24) is 10.2 Å². The minimum absolute atomic E-state index is 0.0832. The van der Waals surface area contributed by atoms with Crippen LogP contribution in [0, 0.1) is 5.92 Å². The minimum Gasteiger partial charge on any atom is -0.305 e. The standard InChI is InChI=1S/C18H28N2S/c1-14(2)17-11-19-18(3,15-7-5-4-6-8-15)13-20(17)16-9-10-21-12-16/h4-8,14,16-17,19H,9-13H2,1-3H3. The normalized spacial score (nSPS) is 34.5. The lowest BCUT2D eigenvalue weighted by Gasteiger charge is -2.50. The van der Waals surface area contributed by atoms with Crippen LogP contribution in [0.2, 0.25) is 0 Å². The molecule has 0 bridgehead atoms. The first kappa shape index (κ1) is 15.4. The molecule has 0 radical (unpaired) electrons. The molecule has 3 unspecified atom stereocenters. The van der Waals surface area contributed by atoms with E-state index in [0.717, 1.165) is 19.1 Å². The molecule has 2 heterocycles. The molecule has 2 aliphatic heterocycles. The van der Waals surface area contributed by atoms with Crippen molar-refractivity contribution in [1.29, 1.82) is 0 Å². The Morgan fingerprint density at radius 2 is 2.05 bits per heavy atom. The summed E-state index contributed by atoms with van der Waals surface area (Å²) in [4.78, 5) is 2.81. The molecule has 3 heteroatoms. The van der Waals surface area contributed by atoms with E-state index in [0.29, 0.717) is 12.0 Å². The van der Waals surface area contributed by atoms with Crippen LogP contribution in [0.25, 0.3) is 0 Å². The Hall–Kier alpha value is -0.510. The number of hydrogen-bond acceptors (Lipinski definition) is 3. The maximum Gasteiger partial charge on any atom is 0.0535 e. The Balaban J connectivity index is 1.84. The van der Waals surface area contributed by atoms with Gasteiger partial charge in [-0.25, -0.2) is 0 Å². The number of nitrogens with zero attached hydrogens (tertiary/aromatic N) is 1. The van der Waals surface area contributed by atoms with E-state index in [1.165, 1.54) is 23.5 Å². The van der Waals surface area contributed by atoms with Crippen molar-refractivity contribution in [2.45, 2.75) is 44.8 Å². The zero-order chi connectivity index (χ0) is 14.9. The molecule has 0 aliphatic carbocycles. The Bertz CT molecular complexity index is 456. The van der Waals surface area contributed by atoms with E-state index >= 15 is 0 Å². The van der Waals surface area contributed by atoms with E-state index in [1.807, 2.05) is 0 Å². The molecular weight excluding hydrogens is 276 g/mol. The molecule has 21 heavy (non-hydrogen) atoms. The molecule has 2 nitrogen and oxygen atoms in total. The largest absolute Gasteiger partial charge is 0.305 e. The van der Waals surface area contributed by atoms with Crippen molar-refractivity contribution >= 4 is 11.8 Å². The van der Waals surface area contributed by atoms with Crippen LogP contribution in [0.5, 0.6) is 0 Å². The smallest absolute Gasteiger partial charge is 0.0535 e. The van der Waals surface area contributed by atoms with E-state index < -0.39 is 0 Å². The number of nitrogens with one attached hydrogen (secondary N) is 1. The highest BCUT2D eigenvalue weighted by molar-refractivity contribution is 7.99. The van der Waals surface area contributed by atoms with Crippen molar-refractivity contribution < 1.29 is 0 Å². The highest BCUT2D eigenvalue weighted by Crippen LogP contribution is 2.33. The summed E-state index contributed by atoms with van der Waals surface area (Å²) in [6.07, 6.45) is 1.36. The summed E-state index contributed by atoms with van der Waals surface area (Å²) in [5.41, 5.74) is 1.50. The van der Waals surface area contributed by atoms with Crippen LogP contribution < -0.4 is 5.32 Å². The lowest BCUT2D eigenvalue weighted by molar-refractivity contribution is 0.0326. The molecule has 2 saturated heterocycles. The fourth-order valence-electron chi connectivity index (χ4n) is 3.79. The van der Waals surface area contributed by atoms with Gasteiger partial charge in [-0.2, -0.15) is 11.8 Å². The molecule has 1 aromatic carbocycles. The Kier molecular flexibility index (Phi) is 4.63. The van der Waals surface area contributed by atoms with E-state index in [9.17, 15) is 0 Å². The predicted octanol–water partition coefficient (Wildman–Crippen LogP) is 3.34. The lowest BCUT2D eigenvalue weighted by atomic mass is 9.85. The van der Waals surface area contributed by atoms with Gasteiger partial charge in [0, 0.05) is 30.9 Å². The molecular formula is C18H28N2S. The second-order valence-corrected chi connectivity index (χ2v) is 8.23. The molecule has 116 valence electrons. The maximum atomic E-state index is 3.85. The summed E-state index contributed by atoms with van der Waals surface area (Å²) in [5.74, 6) is 3.36. The number of piperazine rings is 1. The summed E-state index contributed by atoms with van der Waals surface area (Å²) < 4.78 is 0. The SMILES string of the molecule is CC(C)C1CNC(C)(c2ccccc2)CN1C1CCSC1. The summed E-state index contributed by atoms with van der Waals surface area (Å²) in [6.45, 7) is 9.34. The number of rotatable bonds is 3. The lowest BCUT2D eigenvalue weighted by Crippen LogP contribution is -2.64. The molecule has 1 aromatic rings. The van der Waals surface area contributed by atoms with Gasteiger partial charge in [0.2, 0.25) is 0 Å². The molecule has 3 atom stereocenters. The maximum absolute atomic E-state index is 3.85. The van der Waals surface area contributed by atoms with Gasteiger partial charge < -0.3 is 5.32 Å². The van der Waals surface area contributed by atoms with Crippen molar-refractivity contribution in [2.75, 3.05) is 24.6 Å². The van der Waals surface area contributed by atoms with Crippen molar-refractivity contribution in [3.8, 4) is 0 Å². The van der Waals surface area contributed by atoms with E-state index in [4.69, 9.17) is 0 Å². The van der Waals surface area contributed by atoms with Gasteiger partial charge in [0.25, 0.3) is 0 Å². The van der Waals surface area contributed by atoms with Gasteiger partial charge >= 0.3 is 0 Å². The second-order valence-electron chi connectivity index (χ2n) is 7.08. The Morgan fingerprint density at radius 3 is 2.67 bits per heavy atom. The predicted molar refractivity (Wildman–Crippen MR) is 92.9 cm³/mol. The Labute approximate surface area is 133 Å². The molecule has 0 spiro atoms. The van der Waals surface area contributed by atoms with Crippen LogP contribution in [0.15, 0.2) is 30.3 Å². The van der Waals surface area contributed by atoms with Crippen LogP contribution in [0.4, 0.5) is 0 Å². The molecule has 0 aromatic heterocycles. The zero-order valence-electron chi connectivity index (χ0n) is 13.5. The van der Waals surface area contributed by atoms with Gasteiger partial charge in [-0.05, 0) is 30.6 Å². The summed E-state index contributed by atoms with van der Waals surface area (Å²) in [5, 5.41) is 3.85. The second kappa shape index (κ2) is 6.31. The molecule has 3 rings (SSSR count). The first-order valence-corrected chi connectivity index (χ1v) is 9.40. The summed E-state index contributed by atoms with van der Waals surface area (Å²) in [6, 6.07) is 12.4. The van der Waals surface area contributed by atoms with E-state index in [2.05, 4.69) is 73.1 Å². The Morgan fingerprint density at radius 1 is 1.29 bits per heavy atom. The molecule has 2 fully saturated rings. The quantitative estimate of drug-likeness (QED) is 0.922. The monoisotopic (exact) mass is 304 g/mol. The van der Waals surface area contributed by atoms with Crippen LogP contribution in [-0.4, -0.2) is 41.6 Å². The number of hydrogen-bond donors (Lipinski definition) is 1. The molecule has 1 N–H and O–H groups in total. The van der Waals surface area contributed by atoms with Crippen molar-refractivity contribution in [3.63, 3.8) is 0 Å². The van der Waals surface area contributed by atoms with E-state index in [1.54, 1.807) is 0 Å². The first-order valence-electron chi connectivity index (χ1n) is 8.24. The van der Waals surface area contributed by atoms with Crippen LogP contribution in [-0.2, 0) is 5.54 Å². The minimum atomic E-state index is 0.0832. The average Bonchev–Trinajstić information content (AvgIpc) is 3.02. The average molecular weight is 305 g/mol. The number of thioether (sulfide) groups is 1. The fourth-order valence-corrected chi connectivity index (χ4v) is 5.02. The third-order valence-electron chi connectivity index (χ3n) is 5.18. The zero-order valence-corrected chi connectivity index (χ0v) is 14.3. The van der Waals surface area contributed by atoms with Gasteiger partial charge in [-0.3, -0.25) is 4.90 Å². The first-order chi connectivity index (χ1) is 10.1. The van der Waals surface area contributed by atoms with Crippen molar-refractivity contribution in [2.24, 2.45) is 5.92 Å². The van der Waals surface area contributed by atoms with Gasteiger partial charge in [0.15, 0.2) is 0 Å². The van der Waals surface area contributed by atoms with Crippen molar-refractivity contribution in [3.05, 3.63) is 35.9 Å². The third-order valence-corrected chi connectivity index (χ3v) is 6.33. The summed E-state index contributed by atoms with van der Waals surface area (Å²) in [7, 11) is 0. The van der Waals surface area contributed by atoms with Gasteiger partial charge in [0.05, 0.1) is 5.54 Å². The topological polar surface area (TPSA) is 15.3 Å². The van der Waals surface area contributed by atoms with Gasteiger partial charge in [0.1, 0.15) is 0 Å². The molecule has 2 aliphatic rings. The van der Waals surface area contributed by atoms with Crippen LogP contribution in [0.1, 0.15) is 32.8 Å². The highest BCUT2D eigenvalue weighted by atomic mass is 32.2. The molecule has 0 amide bonds. The van der Waals surface area contributed by atoms with Crippen LogP contribution in [0.3, 0.4) is 0 Å². The van der Waals surface area contributed by atoms with E-state index in [-0.39, 0.29) is 5.54 Å². The van der Waals surface area contributed by atoms with Gasteiger partial charge in [-0.15, -0.1) is 0 Å². The third kappa shape index (κ3) is 3.15. The molecule has 0 saturated carbocycles. The fraction of sp³-hybridized carbons (Fsp3) is 0.667. The number of benzene rings is 1. The summed E-state index contributed by atoms with van der Waals surface area (Å²) >= 11 is 2.12.